The van der Waals surface area contributed by atoms with E-state index in [-0.39, 0.29) is 18.6 Å². The maximum Gasteiger partial charge on any atom is 0.318 e. The molecule has 1 atom stereocenters. The third-order valence-electron chi connectivity index (χ3n) is 2.27. The summed E-state index contributed by atoms with van der Waals surface area (Å²) in [5, 5.41) is 11.3. The maximum atomic E-state index is 11.3. The molecule has 0 bridgehead atoms. The van der Waals surface area contributed by atoms with E-state index >= 15 is 0 Å². The zero-order valence-corrected chi connectivity index (χ0v) is 7.53. The highest BCUT2D eigenvalue weighted by atomic mass is 16.2. The zero-order valence-electron chi connectivity index (χ0n) is 7.53. The molecular weight excluding hydrogens is 180 g/mol. The van der Waals surface area contributed by atoms with Gasteiger partial charge in [0.25, 0.3) is 0 Å². The number of rotatable bonds is 2. The largest absolute Gasteiger partial charge is 0.367 e. The number of aromatic nitrogens is 1. The molecule has 0 aliphatic carbocycles. The summed E-state index contributed by atoms with van der Waals surface area (Å²) in [7, 11) is 0. The highest BCUT2D eigenvalue weighted by Crippen LogP contribution is 2.18. The second kappa shape index (κ2) is 3.42. The van der Waals surface area contributed by atoms with Gasteiger partial charge in [0.1, 0.15) is 6.54 Å². The maximum absolute atomic E-state index is 11.3. The van der Waals surface area contributed by atoms with Crippen molar-refractivity contribution >= 4 is 6.03 Å². The molecule has 1 aromatic rings. The molecule has 2 rings (SSSR count). The molecule has 0 saturated carbocycles. The van der Waals surface area contributed by atoms with E-state index in [9.17, 15) is 4.79 Å². The lowest BCUT2D eigenvalue weighted by Gasteiger charge is -2.08. The first-order valence-corrected chi connectivity index (χ1v) is 4.36. The van der Waals surface area contributed by atoms with E-state index in [1.807, 2.05) is 24.5 Å². The molecule has 1 fully saturated rings. The monoisotopic (exact) mass is 190 g/mol. The number of aromatic amines is 1. The summed E-state index contributed by atoms with van der Waals surface area (Å²) in [6.45, 7) is 0.705. The summed E-state index contributed by atoms with van der Waals surface area (Å²) in [5.41, 5.74) is 1.04. The fraction of sp³-hybridized carbons (Fsp3) is 0.333. The van der Waals surface area contributed by atoms with Gasteiger partial charge in [0.15, 0.2) is 0 Å². The SMILES string of the molecule is N#CCN1CC(c2cc[nH]c2)NC1=O. The van der Waals surface area contributed by atoms with E-state index < -0.39 is 0 Å². The number of urea groups is 1. The van der Waals surface area contributed by atoms with Crippen molar-refractivity contribution in [2.75, 3.05) is 13.1 Å². The fourth-order valence-electron chi connectivity index (χ4n) is 1.55. The average molecular weight is 190 g/mol. The molecule has 5 nitrogen and oxygen atoms in total. The van der Waals surface area contributed by atoms with Crippen LogP contribution in [0.5, 0.6) is 0 Å². The Hall–Kier alpha value is -1.96. The van der Waals surface area contributed by atoms with Crippen LogP contribution in [-0.2, 0) is 0 Å². The normalized spacial score (nSPS) is 20.6. The van der Waals surface area contributed by atoms with Crippen LogP contribution in [-0.4, -0.2) is 29.0 Å². The summed E-state index contributed by atoms with van der Waals surface area (Å²) < 4.78 is 0. The Bertz CT molecular complexity index is 365. The smallest absolute Gasteiger partial charge is 0.318 e. The fourth-order valence-corrected chi connectivity index (χ4v) is 1.55. The van der Waals surface area contributed by atoms with Gasteiger partial charge < -0.3 is 15.2 Å². The number of nitrogens with zero attached hydrogens (tertiary/aromatic N) is 2. The van der Waals surface area contributed by atoms with Gasteiger partial charge in [0, 0.05) is 18.9 Å². The summed E-state index contributed by atoms with van der Waals surface area (Å²) in [6, 6.07) is 3.71. The molecular formula is C9H10N4O. The van der Waals surface area contributed by atoms with Crippen molar-refractivity contribution < 1.29 is 4.79 Å². The van der Waals surface area contributed by atoms with Gasteiger partial charge in [-0.15, -0.1) is 0 Å². The number of hydrogen-bond acceptors (Lipinski definition) is 2. The quantitative estimate of drug-likeness (QED) is 0.670. The van der Waals surface area contributed by atoms with Crippen molar-refractivity contribution in [2.45, 2.75) is 6.04 Å². The molecule has 2 heterocycles. The summed E-state index contributed by atoms with van der Waals surface area (Å²) in [6.07, 6.45) is 3.66. The van der Waals surface area contributed by atoms with Crippen molar-refractivity contribution in [1.82, 2.24) is 15.2 Å². The Morgan fingerprint density at radius 3 is 3.21 bits per heavy atom. The van der Waals surface area contributed by atoms with Gasteiger partial charge in [0.05, 0.1) is 12.1 Å². The molecule has 14 heavy (non-hydrogen) atoms. The van der Waals surface area contributed by atoms with Gasteiger partial charge in [-0.1, -0.05) is 0 Å². The van der Waals surface area contributed by atoms with Crippen LogP contribution in [0.25, 0.3) is 0 Å². The standard InChI is InChI=1S/C9H10N4O/c10-2-4-13-6-8(12-9(13)14)7-1-3-11-5-7/h1,3,5,8,11H,4,6H2,(H,12,14). The van der Waals surface area contributed by atoms with E-state index in [2.05, 4.69) is 10.3 Å². The number of carbonyl (C=O) groups excluding carboxylic acids is 1. The molecule has 2 amide bonds. The van der Waals surface area contributed by atoms with Gasteiger partial charge in [-0.3, -0.25) is 0 Å². The Morgan fingerprint density at radius 2 is 2.57 bits per heavy atom. The lowest BCUT2D eigenvalue weighted by atomic mass is 10.2. The van der Waals surface area contributed by atoms with Gasteiger partial charge in [-0.2, -0.15) is 5.26 Å². The Morgan fingerprint density at radius 1 is 1.71 bits per heavy atom. The minimum atomic E-state index is -0.169. The van der Waals surface area contributed by atoms with Crippen LogP contribution < -0.4 is 5.32 Å². The number of nitriles is 1. The lowest BCUT2D eigenvalue weighted by molar-refractivity contribution is 0.222. The third kappa shape index (κ3) is 1.42. The third-order valence-corrected chi connectivity index (χ3v) is 2.27. The number of carbonyl (C=O) groups is 1. The van der Waals surface area contributed by atoms with E-state index in [0.717, 1.165) is 5.56 Å². The van der Waals surface area contributed by atoms with E-state index in [1.54, 1.807) is 0 Å². The van der Waals surface area contributed by atoms with Crippen molar-refractivity contribution in [3.63, 3.8) is 0 Å². The molecule has 1 saturated heterocycles. The molecule has 0 spiro atoms. The molecule has 1 aliphatic rings. The van der Waals surface area contributed by atoms with Crippen molar-refractivity contribution in [2.24, 2.45) is 0 Å². The number of amides is 2. The summed E-state index contributed by atoms with van der Waals surface area (Å²) >= 11 is 0. The first-order valence-electron chi connectivity index (χ1n) is 4.36. The topological polar surface area (TPSA) is 71.9 Å². The second-order valence-corrected chi connectivity index (χ2v) is 3.19. The van der Waals surface area contributed by atoms with E-state index in [4.69, 9.17) is 5.26 Å². The molecule has 1 aromatic heterocycles. The Kier molecular flexibility index (Phi) is 2.11. The number of hydrogen-bond donors (Lipinski definition) is 2. The highest BCUT2D eigenvalue weighted by Gasteiger charge is 2.29. The molecule has 72 valence electrons. The predicted molar refractivity (Wildman–Crippen MR) is 49.3 cm³/mol. The van der Waals surface area contributed by atoms with Gasteiger partial charge >= 0.3 is 6.03 Å². The summed E-state index contributed by atoms with van der Waals surface area (Å²) in [5.74, 6) is 0. The molecule has 1 unspecified atom stereocenters. The van der Waals surface area contributed by atoms with Crippen LogP contribution >= 0.6 is 0 Å². The van der Waals surface area contributed by atoms with E-state index in [1.165, 1.54) is 4.90 Å². The van der Waals surface area contributed by atoms with Crippen molar-refractivity contribution in [3.05, 3.63) is 24.0 Å². The van der Waals surface area contributed by atoms with Crippen molar-refractivity contribution in [1.29, 1.82) is 5.26 Å². The van der Waals surface area contributed by atoms with Gasteiger partial charge in [-0.25, -0.2) is 4.79 Å². The van der Waals surface area contributed by atoms with Crippen LogP contribution in [0.2, 0.25) is 0 Å². The molecule has 5 heteroatoms. The molecule has 2 N–H and O–H groups in total. The minimum Gasteiger partial charge on any atom is -0.367 e. The predicted octanol–water partition coefficient (Wildman–Crippen LogP) is 0.605. The first-order chi connectivity index (χ1) is 6.81. The Labute approximate surface area is 81.3 Å². The van der Waals surface area contributed by atoms with Crippen molar-refractivity contribution in [3.8, 4) is 6.07 Å². The second-order valence-electron chi connectivity index (χ2n) is 3.19. The average Bonchev–Trinajstić information content (AvgIpc) is 2.76. The van der Waals surface area contributed by atoms with Gasteiger partial charge in [-0.05, 0) is 11.6 Å². The zero-order chi connectivity index (χ0) is 9.97. The minimum absolute atomic E-state index is 0.00194. The van der Waals surface area contributed by atoms with E-state index in [0.29, 0.717) is 6.54 Å². The Balaban J connectivity index is 2.07. The van der Waals surface area contributed by atoms with Crippen LogP contribution in [0.3, 0.4) is 0 Å². The van der Waals surface area contributed by atoms with Gasteiger partial charge in [0.2, 0.25) is 0 Å². The highest BCUT2D eigenvalue weighted by molar-refractivity contribution is 5.77. The van der Waals surface area contributed by atoms with Crippen LogP contribution in [0, 0.1) is 11.3 Å². The summed E-state index contributed by atoms with van der Waals surface area (Å²) in [4.78, 5) is 15.8. The number of nitrogens with one attached hydrogen (secondary N) is 2. The molecule has 0 aromatic carbocycles. The number of H-pyrrole nitrogens is 1. The lowest BCUT2D eigenvalue weighted by Crippen LogP contribution is -2.28. The van der Waals surface area contributed by atoms with Crippen LogP contribution in [0.1, 0.15) is 11.6 Å². The molecule has 1 aliphatic heterocycles. The van der Waals surface area contributed by atoms with Crippen LogP contribution in [0.15, 0.2) is 18.5 Å². The molecule has 0 radical (unpaired) electrons. The first kappa shape index (κ1) is 8.63. The van der Waals surface area contributed by atoms with Crippen LogP contribution in [0.4, 0.5) is 4.79 Å².